The molecule has 0 saturated carbocycles. The van der Waals surface area contributed by atoms with Crippen LogP contribution in [-0.4, -0.2) is 18.3 Å². The molecule has 546 valence electrons. The number of nitrogens with zero attached hydrogens (tertiary/aromatic N) is 4. The zero-order chi connectivity index (χ0) is 76.6. The maximum absolute atomic E-state index is 6.50. The van der Waals surface area contributed by atoms with Crippen LogP contribution in [0.2, 0.25) is 0 Å². The number of rotatable bonds is 8. The summed E-state index contributed by atoms with van der Waals surface area (Å²) in [6.07, 6.45) is 0. The molecule has 0 spiro atoms. The lowest BCUT2D eigenvalue weighted by Crippen LogP contribution is -1.96. The van der Waals surface area contributed by atoms with Gasteiger partial charge in [0.25, 0.3) is 0 Å². The second-order valence-electron chi connectivity index (χ2n) is 29.4. The molecule has 0 amide bonds. The van der Waals surface area contributed by atoms with E-state index in [1.807, 2.05) is 40.1 Å². The summed E-state index contributed by atoms with van der Waals surface area (Å²) in [5, 5.41) is 23.2. The van der Waals surface area contributed by atoms with Crippen LogP contribution in [0.4, 0.5) is 0 Å². The highest BCUT2D eigenvalue weighted by molar-refractivity contribution is 7.19. The fourth-order valence-electron chi connectivity index (χ4n) is 17.6. The summed E-state index contributed by atoms with van der Waals surface area (Å²) in [6, 6.07) is 145. The van der Waals surface area contributed by atoms with Crippen molar-refractivity contribution in [3.63, 3.8) is 0 Å². The van der Waals surface area contributed by atoms with Crippen molar-refractivity contribution in [2.24, 2.45) is 0 Å². The lowest BCUT2D eigenvalue weighted by Gasteiger charge is -2.14. The Morgan fingerprint density at radius 3 is 0.966 bits per heavy atom. The summed E-state index contributed by atoms with van der Waals surface area (Å²) >= 11 is 5.48. The number of hydrogen-bond acceptors (Lipinski definition) is 4. The third kappa shape index (κ3) is 11.8. The van der Waals surface area contributed by atoms with Gasteiger partial charge in [-0.3, -0.25) is 0 Å². The number of para-hydroxylation sites is 6. The average Bonchev–Trinajstić information content (AvgIpc) is 1.58. The normalized spacial score (nSPS) is 11.6. The summed E-state index contributed by atoms with van der Waals surface area (Å²) in [7, 11) is 0. The maximum atomic E-state index is 6.50. The van der Waals surface area contributed by atoms with Crippen molar-refractivity contribution < 1.29 is 4.42 Å². The smallest absolute Gasteiger partial charge is 0.145 e. The average molecular weight is 1540 g/mol. The zero-order valence-corrected chi connectivity index (χ0v) is 65.3. The van der Waals surface area contributed by atoms with E-state index in [-0.39, 0.29) is 0 Å². The number of aromatic nitrogens is 4. The molecule has 0 bridgehead atoms. The third-order valence-electron chi connectivity index (χ3n) is 22.8. The molecule has 0 unspecified atom stereocenters. The molecule has 0 aliphatic carbocycles. The fourth-order valence-corrected chi connectivity index (χ4v) is 20.4. The van der Waals surface area contributed by atoms with E-state index < -0.39 is 0 Å². The van der Waals surface area contributed by atoms with Crippen LogP contribution < -0.4 is 0 Å². The summed E-state index contributed by atoms with van der Waals surface area (Å²) in [4.78, 5) is 0. The Kier molecular flexibility index (Phi) is 17.1. The van der Waals surface area contributed by atoms with E-state index in [2.05, 4.69) is 435 Å². The first-order chi connectivity index (χ1) is 57.6. The van der Waals surface area contributed by atoms with Gasteiger partial charge in [0.1, 0.15) is 11.2 Å². The van der Waals surface area contributed by atoms with E-state index >= 15 is 0 Å². The lowest BCUT2D eigenvalue weighted by molar-refractivity contribution is 0.673. The Labute approximate surface area is 680 Å². The van der Waals surface area contributed by atoms with E-state index in [0.29, 0.717) is 0 Å². The second-order valence-corrected chi connectivity index (χ2v) is 32.2. The molecule has 0 N–H and O–H groups in total. The molecule has 0 aliphatic rings. The van der Waals surface area contributed by atoms with E-state index in [9.17, 15) is 0 Å². The molecule has 0 aliphatic heterocycles. The zero-order valence-electron chi connectivity index (χ0n) is 62.8. The SMILES string of the molecule is c1ccc(-c2cc(-c3ccccc3)cc(-n3c4ccccc4c4c5oc6ccccc6c5ccc43)c2)cc1.c1ccc(-c2ccc(-n3c4ccccc4c4c5sccc5ccc43)cc2)cc1.c1ccc(-c2cccc(-n3c4ccccc4c4c5sccc5ccc43)c2)cc1.c1ccc(-n2c3ccccc3c3c4sccc4ccc32)cc1. The number of fused-ring (bicyclic) bond motifs is 22. The molecule has 116 heavy (non-hydrogen) atoms. The first-order valence-corrected chi connectivity index (χ1v) is 41.9. The number of furan rings is 1. The number of benzene rings is 17. The summed E-state index contributed by atoms with van der Waals surface area (Å²) < 4.78 is 20.1. The molecule has 5 nitrogen and oxygen atoms in total. The fraction of sp³-hybridized carbons (Fsp3) is 0. The Balaban J connectivity index is 0.0000000955. The van der Waals surface area contributed by atoms with Crippen LogP contribution in [0.1, 0.15) is 0 Å². The topological polar surface area (TPSA) is 32.9 Å². The molecule has 8 heteroatoms. The lowest BCUT2D eigenvalue weighted by atomic mass is 9.98. The van der Waals surface area contributed by atoms with Crippen LogP contribution in [0.25, 0.3) is 207 Å². The minimum absolute atomic E-state index is 0.921. The molecule has 0 radical (unpaired) electrons. The highest BCUT2D eigenvalue weighted by Crippen LogP contribution is 2.46. The van der Waals surface area contributed by atoms with Crippen molar-refractivity contribution in [1.82, 2.24) is 18.3 Å². The minimum atomic E-state index is 0.921. The molecule has 8 aromatic heterocycles. The third-order valence-corrected chi connectivity index (χ3v) is 25.6. The first kappa shape index (κ1) is 68.4. The van der Waals surface area contributed by atoms with Crippen LogP contribution in [0.15, 0.2) is 427 Å². The van der Waals surface area contributed by atoms with Gasteiger partial charge < -0.3 is 22.7 Å². The van der Waals surface area contributed by atoms with Crippen molar-refractivity contribution in [2.75, 3.05) is 0 Å². The molecule has 25 aromatic rings. The van der Waals surface area contributed by atoms with Crippen molar-refractivity contribution in [2.45, 2.75) is 0 Å². The predicted octanol–water partition coefficient (Wildman–Crippen LogP) is 31.3. The first-order valence-electron chi connectivity index (χ1n) is 39.2. The molecule has 0 saturated heterocycles. The Morgan fingerprint density at radius 2 is 0.500 bits per heavy atom. The monoisotopic (exact) mass is 1530 g/mol. The Morgan fingerprint density at radius 1 is 0.181 bits per heavy atom. The van der Waals surface area contributed by atoms with Crippen LogP contribution in [0.5, 0.6) is 0 Å². The standard InChI is InChI=1S/C36H23NO.2C26H17NS.C20H13NS/c1-3-11-24(12-4-1)26-21-27(25-13-5-2-6-14-25)23-28(22-26)37-32-17-9-7-16-31(32)35-33(37)20-19-30-29-15-8-10-18-34(29)38-36(30)35;1-2-7-18(8-3-1)20-9-6-10-21(17-20)27-23-12-5-4-11-22(23)25-24(27)14-13-19-15-16-28-26(19)25;1-2-6-18(7-3-1)19-10-13-21(14-11-19)27-23-9-5-4-8-22(23)25-24(27)15-12-20-16-17-28-26(20)25;1-2-6-15(7-3-1)21-17-9-5-4-8-16(17)19-18(21)11-10-14-12-13-22-20(14)19/h1-23H;2*1-17H;1-13H. The summed E-state index contributed by atoms with van der Waals surface area (Å²) in [5.74, 6) is 0. The van der Waals surface area contributed by atoms with Gasteiger partial charge in [0.15, 0.2) is 0 Å². The van der Waals surface area contributed by atoms with E-state index in [0.717, 1.165) is 38.5 Å². The number of thiophene rings is 3. The van der Waals surface area contributed by atoms with Gasteiger partial charge >= 0.3 is 0 Å². The van der Waals surface area contributed by atoms with Gasteiger partial charge in [-0.15, -0.1) is 34.0 Å². The summed E-state index contributed by atoms with van der Waals surface area (Å²) in [5.41, 5.74) is 26.3. The van der Waals surface area contributed by atoms with Crippen molar-refractivity contribution in [3.05, 3.63) is 423 Å². The van der Waals surface area contributed by atoms with Gasteiger partial charge in [0.2, 0.25) is 0 Å². The summed E-state index contributed by atoms with van der Waals surface area (Å²) in [6.45, 7) is 0. The quantitative estimate of drug-likeness (QED) is 0.149. The van der Waals surface area contributed by atoms with Crippen molar-refractivity contribution in [1.29, 1.82) is 0 Å². The van der Waals surface area contributed by atoms with Gasteiger partial charge in [-0.25, -0.2) is 0 Å². The Hall–Kier alpha value is -14.4. The van der Waals surface area contributed by atoms with Crippen molar-refractivity contribution >= 4 is 173 Å². The van der Waals surface area contributed by atoms with Crippen LogP contribution in [0.3, 0.4) is 0 Å². The van der Waals surface area contributed by atoms with Gasteiger partial charge in [-0.2, -0.15) is 0 Å². The van der Waals surface area contributed by atoms with Gasteiger partial charge in [0, 0.05) is 85.3 Å². The van der Waals surface area contributed by atoms with Crippen LogP contribution in [-0.2, 0) is 0 Å². The Bertz CT molecular complexity index is 7940. The molecule has 8 heterocycles. The van der Waals surface area contributed by atoms with Gasteiger partial charge in [-0.05, 0) is 210 Å². The van der Waals surface area contributed by atoms with Crippen molar-refractivity contribution in [3.8, 4) is 67.3 Å². The molecular weight excluding hydrogens is 1470 g/mol. The van der Waals surface area contributed by atoms with E-state index in [1.54, 1.807) is 0 Å². The highest BCUT2D eigenvalue weighted by Gasteiger charge is 2.23. The molecule has 17 aromatic carbocycles. The van der Waals surface area contributed by atoms with Crippen LogP contribution in [0, 0.1) is 0 Å². The minimum Gasteiger partial charge on any atom is -0.455 e. The van der Waals surface area contributed by atoms with E-state index in [4.69, 9.17) is 4.42 Å². The molecular formula is C108H70N4OS3. The largest absolute Gasteiger partial charge is 0.455 e. The highest BCUT2D eigenvalue weighted by atomic mass is 32.1. The van der Waals surface area contributed by atoms with E-state index in [1.165, 1.54) is 168 Å². The number of hydrogen-bond donors (Lipinski definition) is 0. The molecule has 0 fully saturated rings. The molecule has 25 rings (SSSR count). The second kappa shape index (κ2) is 29.0. The molecule has 0 atom stereocenters. The van der Waals surface area contributed by atoms with Crippen LogP contribution >= 0.6 is 34.0 Å². The maximum Gasteiger partial charge on any atom is 0.145 e. The van der Waals surface area contributed by atoms with Gasteiger partial charge in [-0.1, -0.05) is 273 Å². The predicted molar refractivity (Wildman–Crippen MR) is 498 cm³/mol. The van der Waals surface area contributed by atoms with Gasteiger partial charge in [0.05, 0.1) is 49.5 Å².